The molecule has 0 aliphatic heterocycles. The van der Waals surface area contributed by atoms with E-state index < -0.39 is 26.9 Å². The van der Waals surface area contributed by atoms with Crippen LogP contribution in [0.4, 0.5) is 0 Å². The lowest BCUT2D eigenvalue weighted by atomic mass is 10.2. The average Bonchev–Trinajstić information content (AvgIpc) is 3.47. The molecule has 0 saturated heterocycles. The summed E-state index contributed by atoms with van der Waals surface area (Å²) in [6.07, 6.45) is 2.29. The normalized spacial score (nSPS) is 13.5. The molecule has 190 valence electrons. The first-order chi connectivity index (χ1) is 17.2. The summed E-state index contributed by atoms with van der Waals surface area (Å²) in [4.78, 5) is 13.0. The molecule has 36 heavy (non-hydrogen) atoms. The SMILES string of the molecule is COc1cc(Cn2c(CS(=O)(=O)[C@@H](C)[C@H](OC)c3cnc(C)cn3)nnc2-c2cccc(C)n2)on1. The number of hydrogen-bond acceptors (Lipinski definition) is 11. The number of sulfone groups is 1. The predicted octanol–water partition coefficient (Wildman–Crippen LogP) is 2.48. The fourth-order valence-corrected chi connectivity index (χ4v) is 5.15. The van der Waals surface area contributed by atoms with Crippen molar-refractivity contribution in [2.45, 2.75) is 44.4 Å². The van der Waals surface area contributed by atoms with Crippen LogP contribution < -0.4 is 4.74 Å². The van der Waals surface area contributed by atoms with Crippen LogP contribution in [0.1, 0.15) is 41.7 Å². The van der Waals surface area contributed by atoms with Gasteiger partial charge < -0.3 is 18.6 Å². The van der Waals surface area contributed by atoms with E-state index in [2.05, 4.69) is 30.3 Å². The number of aryl methyl sites for hydroxylation is 2. The second kappa shape index (κ2) is 10.5. The summed E-state index contributed by atoms with van der Waals surface area (Å²) < 4.78 is 44.6. The Kier molecular flexibility index (Phi) is 7.40. The Morgan fingerprint density at radius 2 is 1.89 bits per heavy atom. The van der Waals surface area contributed by atoms with E-state index in [1.54, 1.807) is 36.7 Å². The number of nitrogens with zero attached hydrogens (tertiary/aromatic N) is 7. The smallest absolute Gasteiger partial charge is 0.254 e. The molecule has 0 aromatic carbocycles. The molecule has 0 N–H and O–H groups in total. The Morgan fingerprint density at radius 3 is 2.53 bits per heavy atom. The standard InChI is InChI=1S/C23H27N7O5S/c1-14-7-6-8-18(26-14)23-28-27-20(30(23)12-17-9-21(33-4)29-35-17)13-36(31,32)16(3)22(34-5)19-11-24-15(2)10-25-19/h6-11,16,22H,12-13H2,1-5H3/t16-,22-/m0/s1. The predicted molar refractivity (Wildman–Crippen MR) is 129 cm³/mol. The van der Waals surface area contributed by atoms with Gasteiger partial charge in [-0.05, 0) is 38.1 Å². The summed E-state index contributed by atoms with van der Waals surface area (Å²) in [5, 5.41) is 11.4. The molecule has 0 aliphatic carbocycles. The zero-order valence-electron chi connectivity index (χ0n) is 20.6. The van der Waals surface area contributed by atoms with Gasteiger partial charge in [-0.15, -0.1) is 10.2 Å². The maximum Gasteiger partial charge on any atom is 0.254 e. The van der Waals surface area contributed by atoms with Crippen molar-refractivity contribution in [3.8, 4) is 17.4 Å². The Labute approximate surface area is 208 Å². The molecular formula is C23H27N7O5S. The maximum atomic E-state index is 13.5. The zero-order chi connectivity index (χ0) is 25.9. The van der Waals surface area contributed by atoms with Crippen molar-refractivity contribution in [1.29, 1.82) is 0 Å². The zero-order valence-corrected chi connectivity index (χ0v) is 21.4. The summed E-state index contributed by atoms with van der Waals surface area (Å²) in [6, 6.07) is 7.10. The van der Waals surface area contributed by atoms with Crippen molar-refractivity contribution < 1.29 is 22.4 Å². The summed E-state index contributed by atoms with van der Waals surface area (Å²) in [7, 11) is -0.859. The molecule has 0 aliphatic rings. The topological polar surface area (TPSA) is 148 Å². The summed E-state index contributed by atoms with van der Waals surface area (Å²) in [6.45, 7) is 5.37. The Balaban J connectivity index is 1.69. The number of aromatic nitrogens is 7. The van der Waals surface area contributed by atoms with Gasteiger partial charge in [0.2, 0.25) is 0 Å². The lowest BCUT2D eigenvalue weighted by Gasteiger charge is -2.22. The Bertz CT molecular complexity index is 1430. The number of rotatable bonds is 10. The van der Waals surface area contributed by atoms with E-state index in [0.717, 1.165) is 11.4 Å². The van der Waals surface area contributed by atoms with Crippen LogP contribution in [-0.2, 0) is 26.9 Å². The van der Waals surface area contributed by atoms with Gasteiger partial charge >= 0.3 is 0 Å². The van der Waals surface area contributed by atoms with Gasteiger partial charge in [-0.3, -0.25) is 9.97 Å². The average molecular weight is 514 g/mol. The van der Waals surface area contributed by atoms with Crippen molar-refractivity contribution >= 4 is 9.84 Å². The number of methoxy groups -OCH3 is 2. The molecule has 4 aromatic rings. The van der Waals surface area contributed by atoms with E-state index in [0.29, 0.717) is 28.9 Å². The van der Waals surface area contributed by atoms with Crippen LogP contribution >= 0.6 is 0 Å². The number of ether oxygens (including phenoxy) is 2. The minimum Gasteiger partial charge on any atom is -0.479 e. The third-order valence-corrected chi connectivity index (χ3v) is 7.72. The minimum absolute atomic E-state index is 0.130. The molecule has 0 amide bonds. The van der Waals surface area contributed by atoms with Gasteiger partial charge in [0.1, 0.15) is 23.4 Å². The van der Waals surface area contributed by atoms with E-state index in [1.807, 2.05) is 19.1 Å². The summed E-state index contributed by atoms with van der Waals surface area (Å²) >= 11 is 0. The molecule has 0 saturated carbocycles. The van der Waals surface area contributed by atoms with Gasteiger partial charge in [-0.1, -0.05) is 6.07 Å². The molecule has 2 atom stereocenters. The van der Waals surface area contributed by atoms with Gasteiger partial charge in [-0.25, -0.2) is 13.4 Å². The summed E-state index contributed by atoms with van der Waals surface area (Å²) in [5.41, 5.74) is 2.49. The van der Waals surface area contributed by atoms with Gasteiger partial charge in [0.25, 0.3) is 5.88 Å². The Hall–Kier alpha value is -3.71. The highest BCUT2D eigenvalue weighted by atomic mass is 32.2. The molecule has 0 spiro atoms. The highest BCUT2D eigenvalue weighted by molar-refractivity contribution is 7.91. The van der Waals surface area contributed by atoms with Crippen LogP contribution in [0.3, 0.4) is 0 Å². The van der Waals surface area contributed by atoms with Crippen LogP contribution in [0.5, 0.6) is 5.88 Å². The van der Waals surface area contributed by atoms with E-state index in [9.17, 15) is 8.42 Å². The van der Waals surface area contributed by atoms with Crippen LogP contribution in [0.2, 0.25) is 0 Å². The highest BCUT2D eigenvalue weighted by Crippen LogP contribution is 2.27. The molecule has 4 heterocycles. The van der Waals surface area contributed by atoms with Gasteiger partial charge in [0.15, 0.2) is 21.4 Å². The van der Waals surface area contributed by atoms with E-state index in [1.165, 1.54) is 20.4 Å². The van der Waals surface area contributed by atoms with Gasteiger partial charge in [0.05, 0.1) is 36.5 Å². The second-order valence-corrected chi connectivity index (χ2v) is 10.6. The first-order valence-electron chi connectivity index (χ1n) is 11.1. The molecule has 13 heteroatoms. The first kappa shape index (κ1) is 25.4. The van der Waals surface area contributed by atoms with Crippen molar-refractivity contribution in [2.75, 3.05) is 14.2 Å². The third kappa shape index (κ3) is 5.41. The van der Waals surface area contributed by atoms with Crippen molar-refractivity contribution in [3.05, 3.63) is 65.3 Å². The molecule has 12 nitrogen and oxygen atoms in total. The van der Waals surface area contributed by atoms with E-state index in [4.69, 9.17) is 14.0 Å². The quantitative estimate of drug-likeness (QED) is 0.308. The van der Waals surface area contributed by atoms with Crippen LogP contribution in [-0.4, -0.2) is 62.8 Å². The van der Waals surface area contributed by atoms with Crippen molar-refractivity contribution in [1.82, 2.24) is 34.9 Å². The van der Waals surface area contributed by atoms with Gasteiger partial charge in [-0.2, -0.15) is 0 Å². The number of hydrogen-bond donors (Lipinski definition) is 0. The van der Waals surface area contributed by atoms with Crippen LogP contribution in [0.25, 0.3) is 11.5 Å². The first-order valence-corrected chi connectivity index (χ1v) is 12.8. The molecule has 0 unspecified atom stereocenters. The van der Waals surface area contributed by atoms with E-state index >= 15 is 0 Å². The highest BCUT2D eigenvalue weighted by Gasteiger charge is 2.34. The fraction of sp³-hybridized carbons (Fsp3) is 0.391. The Morgan fingerprint density at radius 1 is 1.08 bits per heavy atom. The summed E-state index contributed by atoms with van der Waals surface area (Å²) in [5.74, 6) is 0.979. The molecule has 0 radical (unpaired) electrons. The van der Waals surface area contributed by atoms with Crippen molar-refractivity contribution in [2.24, 2.45) is 0 Å². The molecular weight excluding hydrogens is 486 g/mol. The monoisotopic (exact) mass is 513 g/mol. The lowest BCUT2D eigenvalue weighted by Crippen LogP contribution is -2.29. The van der Waals surface area contributed by atoms with Gasteiger partial charge in [0, 0.05) is 25.1 Å². The molecule has 0 bridgehead atoms. The van der Waals surface area contributed by atoms with Crippen molar-refractivity contribution in [3.63, 3.8) is 0 Å². The molecule has 4 aromatic heterocycles. The van der Waals surface area contributed by atoms with Crippen LogP contribution in [0.15, 0.2) is 41.2 Å². The largest absolute Gasteiger partial charge is 0.479 e. The third-order valence-electron chi connectivity index (χ3n) is 5.67. The second-order valence-electron chi connectivity index (χ2n) is 8.28. The van der Waals surface area contributed by atoms with E-state index in [-0.39, 0.29) is 12.4 Å². The van der Waals surface area contributed by atoms with Crippen LogP contribution in [0, 0.1) is 13.8 Å². The lowest BCUT2D eigenvalue weighted by molar-refractivity contribution is 0.0983. The minimum atomic E-state index is -3.78. The molecule has 4 rings (SSSR count). The molecule has 0 fully saturated rings. The fourth-order valence-electron chi connectivity index (χ4n) is 3.69. The number of pyridine rings is 1. The maximum absolute atomic E-state index is 13.5.